The number of rotatable bonds is 5. The van der Waals surface area contributed by atoms with Crippen LogP contribution in [0.25, 0.3) is 0 Å². The number of halogens is 4. The summed E-state index contributed by atoms with van der Waals surface area (Å²) in [5.74, 6) is -3.24. The Bertz CT molecular complexity index is 933. The number of anilines is 2. The number of alkyl halides is 3. The van der Waals surface area contributed by atoms with Gasteiger partial charge in [0, 0.05) is 17.9 Å². The molecule has 1 saturated heterocycles. The SMILES string of the molecule is Cc1ccc(N2CC(C(=O)Nc3ccccc3SCC(F)(F)F)CC2=O)c(F)c1. The second-order valence-corrected chi connectivity index (χ2v) is 7.77. The quantitative estimate of drug-likeness (QED) is 0.553. The molecule has 0 bridgehead atoms. The van der Waals surface area contributed by atoms with Crippen molar-refractivity contribution in [1.29, 1.82) is 0 Å². The maximum atomic E-state index is 14.2. The van der Waals surface area contributed by atoms with Gasteiger partial charge in [-0.25, -0.2) is 4.39 Å². The molecular weight excluding hydrogens is 408 g/mol. The molecule has 3 rings (SSSR count). The van der Waals surface area contributed by atoms with Crippen LogP contribution in [0.1, 0.15) is 12.0 Å². The van der Waals surface area contributed by atoms with E-state index in [1.54, 1.807) is 25.1 Å². The lowest BCUT2D eigenvalue weighted by molar-refractivity contribution is -0.122. The number of amides is 2. The fraction of sp³-hybridized carbons (Fsp3) is 0.300. The summed E-state index contributed by atoms with van der Waals surface area (Å²) in [6.07, 6.45) is -4.44. The lowest BCUT2D eigenvalue weighted by Crippen LogP contribution is -2.28. The van der Waals surface area contributed by atoms with E-state index in [0.29, 0.717) is 17.3 Å². The van der Waals surface area contributed by atoms with Crippen molar-refractivity contribution in [2.24, 2.45) is 5.92 Å². The molecule has 1 aliphatic heterocycles. The molecule has 4 nitrogen and oxygen atoms in total. The third-order valence-electron chi connectivity index (χ3n) is 4.43. The molecule has 1 unspecified atom stereocenters. The van der Waals surface area contributed by atoms with Gasteiger partial charge in [-0.3, -0.25) is 9.59 Å². The molecule has 29 heavy (non-hydrogen) atoms. The zero-order valence-electron chi connectivity index (χ0n) is 15.4. The van der Waals surface area contributed by atoms with Crippen LogP contribution in [-0.2, 0) is 9.59 Å². The summed E-state index contributed by atoms with van der Waals surface area (Å²) in [4.78, 5) is 26.4. The van der Waals surface area contributed by atoms with Crippen molar-refractivity contribution >= 4 is 35.0 Å². The van der Waals surface area contributed by atoms with Gasteiger partial charge in [0.1, 0.15) is 5.82 Å². The van der Waals surface area contributed by atoms with Crippen LogP contribution >= 0.6 is 11.8 Å². The molecule has 9 heteroatoms. The predicted molar refractivity (Wildman–Crippen MR) is 103 cm³/mol. The van der Waals surface area contributed by atoms with Crippen molar-refractivity contribution in [2.45, 2.75) is 24.4 Å². The molecular formula is C20H18F4N2O2S. The fourth-order valence-corrected chi connectivity index (χ4v) is 3.81. The number of carbonyl (C=O) groups is 2. The minimum atomic E-state index is -4.34. The monoisotopic (exact) mass is 426 g/mol. The summed E-state index contributed by atoms with van der Waals surface area (Å²) < 4.78 is 51.7. The first kappa shape index (κ1) is 21.2. The third-order valence-corrected chi connectivity index (χ3v) is 5.56. The van der Waals surface area contributed by atoms with Gasteiger partial charge in [0.05, 0.1) is 23.0 Å². The first-order valence-electron chi connectivity index (χ1n) is 8.80. The molecule has 1 fully saturated rings. The van der Waals surface area contributed by atoms with Crippen LogP contribution in [0.2, 0.25) is 0 Å². The minimum Gasteiger partial charge on any atom is -0.325 e. The predicted octanol–water partition coefficient (Wildman–Crippen LogP) is 4.78. The number of hydrogen-bond donors (Lipinski definition) is 1. The Kier molecular flexibility index (Phi) is 6.16. The van der Waals surface area contributed by atoms with Gasteiger partial charge in [-0.15, -0.1) is 11.8 Å². The summed E-state index contributed by atoms with van der Waals surface area (Å²) in [6, 6.07) is 10.6. The van der Waals surface area contributed by atoms with E-state index in [1.807, 2.05) is 0 Å². The van der Waals surface area contributed by atoms with E-state index < -0.39 is 29.6 Å². The maximum Gasteiger partial charge on any atom is 0.398 e. The molecule has 0 aliphatic carbocycles. The fourth-order valence-electron chi connectivity index (χ4n) is 3.04. The number of aryl methyl sites for hydroxylation is 1. The molecule has 0 spiro atoms. The zero-order valence-corrected chi connectivity index (χ0v) is 16.2. The minimum absolute atomic E-state index is 0.00249. The van der Waals surface area contributed by atoms with Gasteiger partial charge in [-0.1, -0.05) is 18.2 Å². The topological polar surface area (TPSA) is 49.4 Å². The van der Waals surface area contributed by atoms with Gasteiger partial charge < -0.3 is 10.2 Å². The molecule has 1 N–H and O–H groups in total. The number of nitrogens with zero attached hydrogens (tertiary/aromatic N) is 1. The summed E-state index contributed by atoms with van der Waals surface area (Å²) in [7, 11) is 0. The van der Waals surface area contributed by atoms with Gasteiger partial charge >= 0.3 is 6.18 Å². The number of benzene rings is 2. The van der Waals surface area contributed by atoms with Crippen LogP contribution in [-0.4, -0.2) is 30.3 Å². The number of para-hydroxylation sites is 1. The molecule has 0 aromatic heterocycles. The number of thioether (sulfide) groups is 1. The summed E-state index contributed by atoms with van der Waals surface area (Å²) in [5, 5.41) is 2.61. The van der Waals surface area contributed by atoms with E-state index in [2.05, 4.69) is 5.32 Å². The highest BCUT2D eigenvalue weighted by Gasteiger charge is 2.36. The van der Waals surface area contributed by atoms with Crippen molar-refractivity contribution in [1.82, 2.24) is 0 Å². The molecule has 0 saturated carbocycles. The van der Waals surface area contributed by atoms with Crippen molar-refractivity contribution in [3.8, 4) is 0 Å². The highest BCUT2D eigenvalue weighted by atomic mass is 32.2. The Hall–Kier alpha value is -2.55. The molecule has 1 heterocycles. The van der Waals surface area contributed by atoms with E-state index in [4.69, 9.17) is 0 Å². The standard InChI is InChI=1S/C20H18F4N2O2S/c1-12-6-7-16(14(21)8-12)26-10-13(9-18(26)27)19(28)25-15-4-2-3-5-17(15)29-11-20(22,23)24/h2-8,13H,9-11H2,1H3,(H,25,28). The smallest absolute Gasteiger partial charge is 0.325 e. The Morgan fingerprint density at radius 1 is 1.24 bits per heavy atom. The Morgan fingerprint density at radius 2 is 1.97 bits per heavy atom. The second-order valence-electron chi connectivity index (χ2n) is 6.75. The van der Waals surface area contributed by atoms with Crippen LogP contribution in [0.3, 0.4) is 0 Å². The summed E-state index contributed by atoms with van der Waals surface area (Å²) >= 11 is 0.573. The van der Waals surface area contributed by atoms with E-state index >= 15 is 0 Å². The molecule has 2 amide bonds. The van der Waals surface area contributed by atoms with E-state index in [9.17, 15) is 27.2 Å². The van der Waals surface area contributed by atoms with E-state index in [-0.39, 0.29) is 35.1 Å². The highest BCUT2D eigenvalue weighted by molar-refractivity contribution is 7.99. The van der Waals surface area contributed by atoms with E-state index in [1.165, 1.54) is 29.2 Å². The number of hydrogen-bond acceptors (Lipinski definition) is 3. The normalized spacial score (nSPS) is 16.9. The van der Waals surface area contributed by atoms with Crippen LogP contribution < -0.4 is 10.2 Å². The highest BCUT2D eigenvalue weighted by Crippen LogP contribution is 2.33. The lowest BCUT2D eigenvalue weighted by Gasteiger charge is -2.18. The Balaban J connectivity index is 1.70. The van der Waals surface area contributed by atoms with Gasteiger partial charge in [-0.05, 0) is 36.8 Å². The van der Waals surface area contributed by atoms with Gasteiger partial charge in [0.15, 0.2) is 0 Å². The number of nitrogens with one attached hydrogen (secondary N) is 1. The van der Waals surface area contributed by atoms with Crippen molar-refractivity contribution < 1.29 is 27.2 Å². The van der Waals surface area contributed by atoms with Crippen LogP contribution in [0.5, 0.6) is 0 Å². The molecule has 2 aromatic rings. The van der Waals surface area contributed by atoms with Gasteiger partial charge in [0.2, 0.25) is 11.8 Å². The third kappa shape index (κ3) is 5.29. The Labute approximate surface area is 169 Å². The Morgan fingerprint density at radius 3 is 2.66 bits per heavy atom. The van der Waals surface area contributed by atoms with E-state index in [0.717, 1.165) is 0 Å². The van der Waals surface area contributed by atoms with Crippen LogP contribution in [0.15, 0.2) is 47.4 Å². The van der Waals surface area contributed by atoms with Gasteiger partial charge in [0.25, 0.3) is 0 Å². The first-order chi connectivity index (χ1) is 13.6. The van der Waals surface area contributed by atoms with Crippen molar-refractivity contribution in [2.75, 3.05) is 22.5 Å². The largest absolute Gasteiger partial charge is 0.398 e. The lowest BCUT2D eigenvalue weighted by atomic mass is 10.1. The summed E-state index contributed by atoms with van der Waals surface area (Å²) in [6.45, 7) is 1.73. The number of carbonyl (C=O) groups excluding carboxylic acids is 2. The van der Waals surface area contributed by atoms with Crippen molar-refractivity contribution in [3.63, 3.8) is 0 Å². The maximum absolute atomic E-state index is 14.2. The molecule has 154 valence electrons. The summed E-state index contributed by atoms with van der Waals surface area (Å²) in [5.41, 5.74) is 1.07. The van der Waals surface area contributed by atoms with Crippen LogP contribution in [0, 0.1) is 18.7 Å². The average Bonchev–Trinajstić information content (AvgIpc) is 3.02. The molecule has 0 radical (unpaired) electrons. The molecule has 2 aromatic carbocycles. The molecule has 1 aliphatic rings. The van der Waals surface area contributed by atoms with Gasteiger partial charge in [-0.2, -0.15) is 13.2 Å². The first-order valence-corrected chi connectivity index (χ1v) is 9.78. The van der Waals surface area contributed by atoms with Crippen LogP contribution in [0.4, 0.5) is 28.9 Å². The molecule has 1 atom stereocenters. The second kappa shape index (κ2) is 8.44. The average molecular weight is 426 g/mol. The van der Waals surface area contributed by atoms with Crippen molar-refractivity contribution in [3.05, 3.63) is 53.8 Å². The zero-order chi connectivity index (χ0) is 21.2.